The van der Waals surface area contributed by atoms with Crippen LogP contribution in [0, 0.1) is 13.8 Å². The first-order valence-electron chi connectivity index (χ1n) is 6.41. The van der Waals surface area contributed by atoms with Gasteiger partial charge in [-0.3, -0.25) is 4.79 Å². The van der Waals surface area contributed by atoms with E-state index in [2.05, 4.69) is 34.2 Å². The highest BCUT2D eigenvalue weighted by molar-refractivity contribution is 9.10. The second kappa shape index (κ2) is 6.42. The molecule has 0 bridgehead atoms. The molecule has 0 saturated heterocycles. The Morgan fingerprint density at radius 1 is 1.42 bits per heavy atom. The number of alkyl halides is 1. The van der Waals surface area contributed by atoms with Gasteiger partial charge in [0.1, 0.15) is 11.9 Å². The van der Waals surface area contributed by atoms with Gasteiger partial charge in [-0.1, -0.05) is 33.6 Å². The van der Waals surface area contributed by atoms with Crippen molar-refractivity contribution in [2.24, 2.45) is 0 Å². The van der Waals surface area contributed by atoms with Crippen molar-refractivity contribution >= 4 is 21.8 Å². The molecule has 0 saturated carbocycles. The molecule has 1 aromatic carbocycles. The number of halogens is 1. The van der Waals surface area contributed by atoms with Crippen LogP contribution in [0.15, 0.2) is 18.2 Å². The molecule has 0 spiro atoms. The van der Waals surface area contributed by atoms with Gasteiger partial charge in [0.15, 0.2) is 0 Å². The molecule has 0 aromatic heterocycles. The molecule has 3 nitrogen and oxygen atoms in total. The topological polar surface area (TPSA) is 38.3 Å². The Labute approximate surface area is 123 Å². The standard InChI is InChI=1S/C15H22BrNO2/c1-10-6-7-13(11(2)8-10)19-12(3)9-17-14(18)15(4,5)16/h6-8,12H,9H2,1-5H3,(H,17,18). The predicted molar refractivity (Wildman–Crippen MR) is 82.0 cm³/mol. The maximum absolute atomic E-state index is 11.7. The summed E-state index contributed by atoms with van der Waals surface area (Å²) in [4.78, 5) is 11.7. The second-order valence-electron chi connectivity index (χ2n) is 5.38. The number of hydrogen-bond donors (Lipinski definition) is 1. The molecule has 1 aromatic rings. The molecule has 0 aliphatic heterocycles. The highest BCUT2D eigenvalue weighted by Crippen LogP contribution is 2.20. The summed E-state index contributed by atoms with van der Waals surface area (Å²) in [6.07, 6.45) is -0.0693. The van der Waals surface area contributed by atoms with Gasteiger partial charge in [0.25, 0.3) is 0 Å². The summed E-state index contributed by atoms with van der Waals surface area (Å²) in [6, 6.07) is 6.08. The van der Waals surface area contributed by atoms with Crippen LogP contribution in [0.5, 0.6) is 5.75 Å². The van der Waals surface area contributed by atoms with Crippen LogP contribution in [0.3, 0.4) is 0 Å². The first kappa shape index (κ1) is 16.0. The van der Waals surface area contributed by atoms with Crippen LogP contribution in [-0.2, 0) is 4.79 Å². The Bertz CT molecular complexity index is 452. The third-order valence-corrected chi connectivity index (χ3v) is 3.11. The molecule has 0 heterocycles. The average molecular weight is 328 g/mol. The number of carbonyl (C=O) groups excluding carboxylic acids is 1. The summed E-state index contributed by atoms with van der Waals surface area (Å²) in [5.41, 5.74) is 2.32. The lowest BCUT2D eigenvalue weighted by Gasteiger charge is -2.20. The van der Waals surface area contributed by atoms with Crippen molar-refractivity contribution < 1.29 is 9.53 Å². The Morgan fingerprint density at radius 3 is 2.58 bits per heavy atom. The van der Waals surface area contributed by atoms with E-state index in [0.717, 1.165) is 11.3 Å². The zero-order valence-electron chi connectivity index (χ0n) is 12.2. The molecule has 1 atom stereocenters. The summed E-state index contributed by atoms with van der Waals surface area (Å²) in [7, 11) is 0. The lowest BCUT2D eigenvalue weighted by molar-refractivity contribution is -0.122. The largest absolute Gasteiger partial charge is 0.489 e. The number of hydrogen-bond acceptors (Lipinski definition) is 2. The first-order chi connectivity index (χ1) is 8.70. The van der Waals surface area contributed by atoms with E-state index in [1.54, 1.807) is 0 Å². The SMILES string of the molecule is Cc1ccc(OC(C)CNC(=O)C(C)(C)Br)c(C)c1. The van der Waals surface area contributed by atoms with Gasteiger partial charge in [0.2, 0.25) is 5.91 Å². The average Bonchev–Trinajstić information content (AvgIpc) is 2.28. The summed E-state index contributed by atoms with van der Waals surface area (Å²) in [5, 5.41) is 2.86. The molecule has 0 aliphatic carbocycles. The van der Waals surface area contributed by atoms with E-state index >= 15 is 0 Å². The molecule has 106 valence electrons. The van der Waals surface area contributed by atoms with Crippen LogP contribution in [0.4, 0.5) is 0 Å². The Balaban J connectivity index is 2.52. The predicted octanol–water partition coefficient (Wildman–Crippen LogP) is 3.36. The van der Waals surface area contributed by atoms with Crippen LogP contribution < -0.4 is 10.1 Å². The Morgan fingerprint density at radius 2 is 2.05 bits per heavy atom. The number of aryl methyl sites for hydroxylation is 2. The van der Waals surface area contributed by atoms with Crippen molar-refractivity contribution in [3.05, 3.63) is 29.3 Å². The van der Waals surface area contributed by atoms with Crippen LogP contribution in [0.2, 0.25) is 0 Å². The zero-order chi connectivity index (χ0) is 14.6. The van der Waals surface area contributed by atoms with Gasteiger partial charge in [-0.25, -0.2) is 0 Å². The maximum atomic E-state index is 11.7. The summed E-state index contributed by atoms with van der Waals surface area (Å²) in [6.45, 7) is 10.1. The minimum Gasteiger partial charge on any atom is -0.489 e. The third kappa shape index (κ3) is 5.23. The van der Waals surface area contributed by atoms with E-state index in [4.69, 9.17) is 4.74 Å². The van der Waals surface area contributed by atoms with Crippen molar-refractivity contribution in [2.75, 3.05) is 6.54 Å². The van der Waals surface area contributed by atoms with E-state index in [1.807, 2.05) is 39.8 Å². The summed E-state index contributed by atoms with van der Waals surface area (Å²) in [5.74, 6) is 0.828. The van der Waals surface area contributed by atoms with Gasteiger partial charge in [0, 0.05) is 0 Å². The second-order valence-corrected chi connectivity index (χ2v) is 7.36. The summed E-state index contributed by atoms with van der Waals surface area (Å²) < 4.78 is 5.28. The lowest BCUT2D eigenvalue weighted by atomic mass is 10.1. The van der Waals surface area contributed by atoms with Gasteiger partial charge in [0.05, 0.1) is 10.9 Å². The molecule has 1 unspecified atom stereocenters. The lowest BCUT2D eigenvalue weighted by Crippen LogP contribution is -2.41. The van der Waals surface area contributed by atoms with Crippen LogP contribution in [-0.4, -0.2) is 22.9 Å². The van der Waals surface area contributed by atoms with Crippen molar-refractivity contribution in [2.45, 2.75) is 45.0 Å². The molecule has 0 radical (unpaired) electrons. The molecule has 4 heteroatoms. The number of ether oxygens (including phenoxy) is 1. The van der Waals surface area contributed by atoms with Gasteiger partial charge in [-0.05, 0) is 46.2 Å². The number of benzene rings is 1. The monoisotopic (exact) mass is 327 g/mol. The molecule has 1 rings (SSSR count). The zero-order valence-corrected chi connectivity index (χ0v) is 13.8. The number of rotatable bonds is 5. The van der Waals surface area contributed by atoms with E-state index in [0.29, 0.717) is 6.54 Å². The Hall–Kier alpha value is -1.03. The first-order valence-corrected chi connectivity index (χ1v) is 7.20. The van der Waals surface area contributed by atoms with Crippen molar-refractivity contribution in [3.63, 3.8) is 0 Å². The summed E-state index contributed by atoms with van der Waals surface area (Å²) >= 11 is 3.33. The van der Waals surface area contributed by atoms with Gasteiger partial charge in [-0.15, -0.1) is 0 Å². The smallest absolute Gasteiger partial charge is 0.236 e. The molecule has 1 amide bonds. The van der Waals surface area contributed by atoms with Crippen LogP contribution in [0.1, 0.15) is 31.9 Å². The fourth-order valence-corrected chi connectivity index (χ4v) is 1.78. The fraction of sp³-hybridized carbons (Fsp3) is 0.533. The molecule has 1 N–H and O–H groups in total. The molecule has 0 fully saturated rings. The van der Waals surface area contributed by atoms with E-state index in [9.17, 15) is 4.79 Å². The van der Waals surface area contributed by atoms with Crippen molar-refractivity contribution in [1.82, 2.24) is 5.32 Å². The van der Waals surface area contributed by atoms with Crippen molar-refractivity contribution in [3.8, 4) is 5.75 Å². The number of carbonyl (C=O) groups is 1. The third-order valence-electron chi connectivity index (χ3n) is 2.75. The highest BCUT2D eigenvalue weighted by atomic mass is 79.9. The van der Waals surface area contributed by atoms with Gasteiger partial charge >= 0.3 is 0 Å². The van der Waals surface area contributed by atoms with E-state index in [-0.39, 0.29) is 12.0 Å². The normalized spacial score (nSPS) is 12.9. The molecular weight excluding hydrogens is 306 g/mol. The quantitative estimate of drug-likeness (QED) is 0.842. The highest BCUT2D eigenvalue weighted by Gasteiger charge is 2.23. The van der Waals surface area contributed by atoms with Gasteiger partial charge < -0.3 is 10.1 Å². The molecule has 0 aliphatic rings. The molecular formula is C15H22BrNO2. The minimum atomic E-state index is -0.549. The molecule has 19 heavy (non-hydrogen) atoms. The number of nitrogens with one attached hydrogen (secondary N) is 1. The Kier molecular flexibility index (Phi) is 5.41. The maximum Gasteiger partial charge on any atom is 0.236 e. The van der Waals surface area contributed by atoms with Gasteiger partial charge in [-0.2, -0.15) is 0 Å². The van der Waals surface area contributed by atoms with E-state index < -0.39 is 4.32 Å². The van der Waals surface area contributed by atoms with Crippen LogP contribution >= 0.6 is 15.9 Å². The minimum absolute atomic E-state index is 0.0384. The van der Waals surface area contributed by atoms with E-state index in [1.165, 1.54) is 5.56 Å². The fourth-order valence-electron chi connectivity index (χ4n) is 1.64. The number of amides is 1. The van der Waals surface area contributed by atoms with Crippen LogP contribution in [0.25, 0.3) is 0 Å². The van der Waals surface area contributed by atoms with Crippen molar-refractivity contribution in [1.29, 1.82) is 0 Å².